The van der Waals surface area contributed by atoms with Crippen LogP contribution in [0.1, 0.15) is 19.8 Å². The second-order valence-corrected chi connectivity index (χ2v) is 2.65. The number of aliphatic carboxylic acids is 1. The monoisotopic (exact) mass is 129 g/mol. The van der Waals surface area contributed by atoms with E-state index in [1.165, 1.54) is 0 Å². The van der Waals surface area contributed by atoms with Crippen LogP contribution in [0.4, 0.5) is 0 Å². The van der Waals surface area contributed by atoms with Gasteiger partial charge in [0.2, 0.25) is 0 Å². The predicted molar refractivity (Wildman–Crippen MR) is 33.0 cm³/mol. The van der Waals surface area contributed by atoms with Crippen LogP contribution in [0.25, 0.3) is 0 Å². The van der Waals surface area contributed by atoms with E-state index >= 15 is 0 Å². The zero-order valence-electron chi connectivity index (χ0n) is 5.42. The molecule has 0 bridgehead atoms. The second kappa shape index (κ2) is 1.70. The van der Waals surface area contributed by atoms with Gasteiger partial charge in [-0.25, -0.2) is 0 Å². The zero-order valence-corrected chi connectivity index (χ0v) is 5.42. The Labute approximate surface area is 53.9 Å². The fourth-order valence-electron chi connectivity index (χ4n) is 1.12. The lowest BCUT2D eigenvalue weighted by Crippen LogP contribution is -2.34. The maximum Gasteiger partial charge on any atom is 0.323 e. The van der Waals surface area contributed by atoms with Crippen molar-refractivity contribution in [2.75, 3.05) is 0 Å². The summed E-state index contributed by atoms with van der Waals surface area (Å²) in [6.45, 7) is 1.96. The first-order valence-electron chi connectivity index (χ1n) is 3.13. The molecule has 0 saturated heterocycles. The summed E-state index contributed by atoms with van der Waals surface area (Å²) in [6.07, 6.45) is 1.53. The Morgan fingerprint density at radius 1 is 2.00 bits per heavy atom. The van der Waals surface area contributed by atoms with E-state index < -0.39 is 11.5 Å². The van der Waals surface area contributed by atoms with E-state index in [0.29, 0.717) is 6.42 Å². The van der Waals surface area contributed by atoms with Crippen molar-refractivity contribution in [1.82, 2.24) is 0 Å². The largest absolute Gasteiger partial charge is 0.480 e. The lowest BCUT2D eigenvalue weighted by atomic mass is 10.2. The molecule has 0 radical (unpaired) electrons. The van der Waals surface area contributed by atoms with Crippen molar-refractivity contribution in [3.05, 3.63) is 0 Å². The van der Waals surface area contributed by atoms with Crippen LogP contribution >= 0.6 is 0 Å². The molecule has 0 aromatic rings. The van der Waals surface area contributed by atoms with E-state index in [1.807, 2.05) is 6.92 Å². The number of carboxylic acids is 1. The molecule has 2 atom stereocenters. The molecule has 3 nitrogen and oxygen atoms in total. The first-order chi connectivity index (χ1) is 4.11. The van der Waals surface area contributed by atoms with Crippen molar-refractivity contribution in [2.45, 2.75) is 25.3 Å². The molecule has 3 heteroatoms. The number of carboxylic acid groups (broad SMARTS) is 1. The number of nitrogens with two attached hydrogens (primary N) is 1. The highest BCUT2D eigenvalue weighted by Crippen LogP contribution is 2.43. The smallest absolute Gasteiger partial charge is 0.323 e. The van der Waals surface area contributed by atoms with Crippen LogP contribution in [-0.2, 0) is 4.79 Å². The second-order valence-electron chi connectivity index (χ2n) is 2.65. The van der Waals surface area contributed by atoms with E-state index in [1.54, 1.807) is 0 Å². The Kier molecular flexibility index (Phi) is 1.24. The molecule has 9 heavy (non-hydrogen) atoms. The summed E-state index contributed by atoms with van der Waals surface area (Å²) in [5, 5.41) is 8.49. The molecule has 0 aliphatic heterocycles. The Morgan fingerprint density at radius 3 is 2.67 bits per heavy atom. The maximum atomic E-state index is 10.3. The van der Waals surface area contributed by atoms with Crippen molar-refractivity contribution in [3.63, 3.8) is 0 Å². The zero-order chi connectivity index (χ0) is 7.07. The van der Waals surface area contributed by atoms with Gasteiger partial charge in [0.25, 0.3) is 0 Å². The van der Waals surface area contributed by atoms with E-state index in [9.17, 15) is 4.79 Å². The predicted octanol–water partition coefficient (Wildman–Crippen LogP) is 0.198. The van der Waals surface area contributed by atoms with E-state index in [2.05, 4.69) is 0 Å². The molecule has 1 fully saturated rings. The molecule has 0 unspecified atom stereocenters. The van der Waals surface area contributed by atoms with Gasteiger partial charge in [0, 0.05) is 0 Å². The third-order valence-corrected chi connectivity index (χ3v) is 2.04. The molecular formula is C6H11NO2. The average Bonchev–Trinajstić information content (AvgIpc) is 2.44. The third-order valence-electron chi connectivity index (χ3n) is 2.04. The summed E-state index contributed by atoms with van der Waals surface area (Å²) in [4.78, 5) is 10.3. The topological polar surface area (TPSA) is 63.3 Å². The van der Waals surface area contributed by atoms with Gasteiger partial charge in [-0.3, -0.25) is 4.79 Å². The number of rotatable bonds is 2. The van der Waals surface area contributed by atoms with Crippen LogP contribution < -0.4 is 5.73 Å². The van der Waals surface area contributed by atoms with Crippen molar-refractivity contribution >= 4 is 5.97 Å². The van der Waals surface area contributed by atoms with Gasteiger partial charge in [0.05, 0.1) is 0 Å². The van der Waals surface area contributed by atoms with Crippen LogP contribution in [0, 0.1) is 5.92 Å². The minimum atomic E-state index is -0.866. The van der Waals surface area contributed by atoms with Crippen LogP contribution in [-0.4, -0.2) is 16.6 Å². The number of hydrogen-bond acceptors (Lipinski definition) is 2. The lowest BCUT2D eigenvalue weighted by molar-refractivity contribution is -0.140. The van der Waals surface area contributed by atoms with Crippen LogP contribution in [0.15, 0.2) is 0 Å². The quantitative estimate of drug-likeness (QED) is 0.559. The summed E-state index contributed by atoms with van der Waals surface area (Å²) < 4.78 is 0. The SMILES string of the molecule is CC[C@H]1C[C@]1(N)C(=O)O. The van der Waals surface area contributed by atoms with Crippen molar-refractivity contribution in [1.29, 1.82) is 0 Å². The highest BCUT2D eigenvalue weighted by molar-refractivity contribution is 5.82. The normalized spacial score (nSPS) is 40.4. The summed E-state index contributed by atoms with van der Waals surface area (Å²) in [6, 6.07) is 0. The Hall–Kier alpha value is -0.570. The van der Waals surface area contributed by atoms with Gasteiger partial charge in [0.1, 0.15) is 5.54 Å². The Balaban J connectivity index is 2.52. The van der Waals surface area contributed by atoms with Gasteiger partial charge in [-0.15, -0.1) is 0 Å². The highest BCUT2D eigenvalue weighted by atomic mass is 16.4. The molecule has 1 aliphatic carbocycles. The first kappa shape index (κ1) is 6.55. The molecule has 1 aliphatic rings. The summed E-state index contributed by atoms with van der Waals surface area (Å²) >= 11 is 0. The minimum absolute atomic E-state index is 0.218. The number of hydrogen-bond donors (Lipinski definition) is 2. The van der Waals surface area contributed by atoms with E-state index in [-0.39, 0.29) is 5.92 Å². The molecule has 3 N–H and O–H groups in total. The lowest BCUT2D eigenvalue weighted by Gasteiger charge is -2.01. The van der Waals surface area contributed by atoms with Crippen LogP contribution in [0.3, 0.4) is 0 Å². The van der Waals surface area contributed by atoms with Crippen LogP contribution in [0.2, 0.25) is 0 Å². The molecule has 0 spiro atoms. The molecule has 0 aromatic heterocycles. The van der Waals surface area contributed by atoms with Gasteiger partial charge in [-0.2, -0.15) is 0 Å². The molecular weight excluding hydrogens is 118 g/mol. The minimum Gasteiger partial charge on any atom is -0.480 e. The molecule has 1 rings (SSSR count). The van der Waals surface area contributed by atoms with Crippen molar-refractivity contribution in [2.24, 2.45) is 11.7 Å². The van der Waals surface area contributed by atoms with Gasteiger partial charge in [0.15, 0.2) is 0 Å². The third kappa shape index (κ3) is 0.812. The van der Waals surface area contributed by atoms with Crippen molar-refractivity contribution < 1.29 is 9.90 Å². The fourth-order valence-corrected chi connectivity index (χ4v) is 1.12. The Bertz CT molecular complexity index is 146. The highest BCUT2D eigenvalue weighted by Gasteiger charge is 2.56. The maximum absolute atomic E-state index is 10.3. The van der Waals surface area contributed by atoms with Crippen molar-refractivity contribution in [3.8, 4) is 0 Å². The average molecular weight is 129 g/mol. The van der Waals surface area contributed by atoms with Gasteiger partial charge in [-0.1, -0.05) is 13.3 Å². The van der Waals surface area contributed by atoms with E-state index in [0.717, 1.165) is 6.42 Å². The summed E-state index contributed by atoms with van der Waals surface area (Å²) in [5.41, 5.74) is 4.58. The molecule has 52 valence electrons. The fraction of sp³-hybridized carbons (Fsp3) is 0.833. The van der Waals surface area contributed by atoms with Gasteiger partial charge in [-0.05, 0) is 12.3 Å². The van der Waals surface area contributed by atoms with Gasteiger partial charge >= 0.3 is 5.97 Å². The molecule has 0 heterocycles. The molecule has 0 amide bonds. The standard InChI is InChI=1S/C6H11NO2/c1-2-4-3-6(4,7)5(8)9/h4H,2-3,7H2,1H3,(H,8,9)/t4-,6+/m0/s1. The van der Waals surface area contributed by atoms with Crippen LogP contribution in [0.5, 0.6) is 0 Å². The summed E-state index contributed by atoms with van der Waals surface area (Å²) in [5.74, 6) is -0.635. The molecule has 1 saturated carbocycles. The number of carbonyl (C=O) groups is 1. The molecule has 0 aromatic carbocycles. The first-order valence-corrected chi connectivity index (χ1v) is 3.13. The summed E-state index contributed by atoms with van der Waals surface area (Å²) in [7, 11) is 0. The Morgan fingerprint density at radius 2 is 2.56 bits per heavy atom. The van der Waals surface area contributed by atoms with E-state index in [4.69, 9.17) is 10.8 Å². The van der Waals surface area contributed by atoms with Gasteiger partial charge < -0.3 is 10.8 Å².